The Labute approximate surface area is 170 Å². The zero-order valence-electron chi connectivity index (χ0n) is 16.7. The minimum absolute atomic E-state index is 0.236. The number of nitrogens with zero attached hydrogens (tertiary/aromatic N) is 2. The largest absolute Gasteiger partial charge is 0.494 e. The Morgan fingerprint density at radius 2 is 1.72 bits per heavy atom. The molecule has 7 nitrogen and oxygen atoms in total. The number of anilines is 1. The van der Waals surface area contributed by atoms with Crippen LogP contribution < -0.4 is 5.32 Å². The van der Waals surface area contributed by atoms with E-state index in [-0.39, 0.29) is 6.04 Å². The average molecular weight is 399 g/mol. The van der Waals surface area contributed by atoms with Crippen LogP contribution in [-0.4, -0.2) is 67.6 Å². The molecule has 0 amide bonds. The molecule has 0 radical (unpaired) electrons. The van der Waals surface area contributed by atoms with E-state index in [4.69, 9.17) is 14.2 Å². The van der Waals surface area contributed by atoms with Crippen molar-refractivity contribution in [1.29, 1.82) is 0 Å². The maximum absolute atomic E-state index is 11.3. The summed E-state index contributed by atoms with van der Waals surface area (Å²) in [4.78, 5) is 4.67. The average Bonchev–Trinajstić information content (AvgIpc) is 3.07. The normalized spacial score (nSPS) is 22.0. The Kier molecular flexibility index (Phi) is 5.44. The molecule has 0 aliphatic carbocycles. The number of aromatic nitrogens is 1. The Morgan fingerprint density at radius 1 is 0.966 bits per heavy atom. The van der Waals surface area contributed by atoms with Crippen molar-refractivity contribution in [3.63, 3.8) is 0 Å². The number of fused-ring (bicyclic) bond motifs is 1. The number of hydrogen-bond donors (Lipinski definition) is 2. The molecular weight excluding hydrogens is 370 g/mol. The van der Waals surface area contributed by atoms with Crippen LogP contribution in [-0.2, 0) is 14.2 Å². The SMILES string of the molecule is Oc1c(C2=NCCOC2)c2cc(NC3CCOCC3)ccc2n1C1CCOCC1. The monoisotopic (exact) mass is 399 g/mol. The second-order valence-electron chi connectivity index (χ2n) is 8.06. The van der Waals surface area contributed by atoms with Gasteiger partial charge in [0, 0.05) is 49.6 Å². The first-order valence-corrected chi connectivity index (χ1v) is 10.7. The van der Waals surface area contributed by atoms with E-state index in [0.29, 0.717) is 31.7 Å². The Hall–Kier alpha value is -2.09. The molecule has 29 heavy (non-hydrogen) atoms. The molecule has 5 rings (SSSR count). The number of aromatic hydroxyl groups is 1. The molecule has 1 aromatic carbocycles. The standard InChI is InChI=1S/C22H29N3O4/c26-22-21(19-14-29-12-7-23-19)18-13-16(24-15-3-8-27-9-4-15)1-2-20(18)25(22)17-5-10-28-11-6-17/h1-2,13,15,17,24,26H,3-12,14H2. The lowest BCUT2D eigenvalue weighted by molar-refractivity contribution is 0.0688. The van der Waals surface area contributed by atoms with Gasteiger partial charge in [-0.25, -0.2) is 0 Å². The number of nitrogens with one attached hydrogen (secondary N) is 1. The highest BCUT2D eigenvalue weighted by Gasteiger charge is 2.27. The fraction of sp³-hybridized carbons (Fsp3) is 0.591. The number of hydrogen-bond acceptors (Lipinski definition) is 6. The smallest absolute Gasteiger partial charge is 0.201 e. The topological polar surface area (TPSA) is 77.2 Å². The van der Waals surface area contributed by atoms with E-state index in [9.17, 15) is 5.11 Å². The van der Waals surface area contributed by atoms with E-state index in [2.05, 4.69) is 33.1 Å². The number of rotatable bonds is 4. The van der Waals surface area contributed by atoms with Gasteiger partial charge in [0.05, 0.1) is 36.6 Å². The van der Waals surface area contributed by atoms with Gasteiger partial charge >= 0.3 is 0 Å². The van der Waals surface area contributed by atoms with Crippen molar-refractivity contribution >= 4 is 22.3 Å². The predicted molar refractivity (Wildman–Crippen MR) is 112 cm³/mol. The molecule has 2 aromatic rings. The minimum Gasteiger partial charge on any atom is -0.494 e. The molecular formula is C22H29N3O4. The van der Waals surface area contributed by atoms with Crippen LogP contribution in [0.2, 0.25) is 0 Å². The van der Waals surface area contributed by atoms with Crippen molar-refractivity contribution in [2.45, 2.75) is 37.8 Å². The van der Waals surface area contributed by atoms with Gasteiger partial charge in [-0.05, 0) is 43.9 Å². The predicted octanol–water partition coefficient (Wildman–Crippen LogP) is 3.11. The van der Waals surface area contributed by atoms with E-state index in [1.165, 1.54) is 0 Å². The zero-order chi connectivity index (χ0) is 19.6. The van der Waals surface area contributed by atoms with Gasteiger partial charge in [0.2, 0.25) is 5.88 Å². The fourth-order valence-corrected chi connectivity index (χ4v) is 4.68. The third kappa shape index (κ3) is 3.74. The Bertz CT molecular complexity index is 895. The summed E-state index contributed by atoms with van der Waals surface area (Å²) in [6.07, 6.45) is 3.84. The molecule has 156 valence electrons. The molecule has 0 spiro atoms. The van der Waals surface area contributed by atoms with Crippen LogP contribution in [0.1, 0.15) is 37.3 Å². The van der Waals surface area contributed by atoms with Gasteiger partial charge in [0.1, 0.15) is 0 Å². The maximum atomic E-state index is 11.3. The van der Waals surface area contributed by atoms with E-state index >= 15 is 0 Å². The lowest BCUT2D eigenvalue weighted by Gasteiger charge is -2.25. The first-order valence-electron chi connectivity index (χ1n) is 10.7. The molecule has 0 bridgehead atoms. The molecule has 0 atom stereocenters. The number of aliphatic imine (C=N–C) groups is 1. The van der Waals surface area contributed by atoms with E-state index in [0.717, 1.165) is 80.0 Å². The first-order chi connectivity index (χ1) is 14.3. The molecule has 4 heterocycles. The Morgan fingerprint density at radius 3 is 2.45 bits per heavy atom. The highest BCUT2D eigenvalue weighted by molar-refractivity contribution is 6.14. The minimum atomic E-state index is 0.236. The highest BCUT2D eigenvalue weighted by atomic mass is 16.5. The van der Waals surface area contributed by atoms with Crippen molar-refractivity contribution < 1.29 is 19.3 Å². The van der Waals surface area contributed by atoms with Crippen LogP contribution in [0, 0.1) is 0 Å². The maximum Gasteiger partial charge on any atom is 0.201 e. The van der Waals surface area contributed by atoms with Gasteiger partial charge in [-0.3, -0.25) is 4.99 Å². The summed E-state index contributed by atoms with van der Waals surface area (Å²) in [5.41, 5.74) is 3.79. The Balaban J connectivity index is 1.57. The number of ether oxygens (including phenoxy) is 3. The van der Waals surface area contributed by atoms with Crippen LogP contribution in [0.15, 0.2) is 23.2 Å². The summed E-state index contributed by atoms with van der Waals surface area (Å²) in [7, 11) is 0. The van der Waals surface area contributed by atoms with E-state index in [1.807, 2.05) is 0 Å². The lowest BCUT2D eigenvalue weighted by Crippen LogP contribution is -2.27. The molecule has 3 aliphatic rings. The van der Waals surface area contributed by atoms with Crippen LogP contribution in [0.25, 0.3) is 10.9 Å². The summed E-state index contributed by atoms with van der Waals surface area (Å²) in [5.74, 6) is 0.305. The molecule has 0 saturated carbocycles. The molecule has 1 aromatic heterocycles. The summed E-state index contributed by atoms with van der Waals surface area (Å²) in [6.45, 7) is 4.79. The molecule has 7 heteroatoms. The quantitative estimate of drug-likeness (QED) is 0.826. The van der Waals surface area contributed by atoms with Gasteiger partial charge in [0.25, 0.3) is 0 Å². The van der Waals surface area contributed by atoms with Gasteiger partial charge < -0.3 is 29.2 Å². The summed E-state index contributed by atoms with van der Waals surface area (Å²) >= 11 is 0. The molecule has 2 saturated heterocycles. The summed E-state index contributed by atoms with van der Waals surface area (Å²) in [6, 6.07) is 7.06. The van der Waals surface area contributed by atoms with E-state index < -0.39 is 0 Å². The van der Waals surface area contributed by atoms with Gasteiger partial charge in [-0.2, -0.15) is 0 Å². The second kappa shape index (κ2) is 8.34. The van der Waals surface area contributed by atoms with Crippen molar-refractivity contribution in [3.8, 4) is 5.88 Å². The summed E-state index contributed by atoms with van der Waals surface area (Å²) < 4.78 is 18.7. The van der Waals surface area contributed by atoms with Crippen LogP contribution >= 0.6 is 0 Å². The van der Waals surface area contributed by atoms with Crippen LogP contribution in [0.3, 0.4) is 0 Å². The molecule has 2 N–H and O–H groups in total. The van der Waals surface area contributed by atoms with Crippen LogP contribution in [0.4, 0.5) is 5.69 Å². The fourth-order valence-electron chi connectivity index (χ4n) is 4.68. The molecule has 3 aliphatic heterocycles. The van der Waals surface area contributed by atoms with E-state index in [1.54, 1.807) is 0 Å². The van der Waals surface area contributed by atoms with Gasteiger partial charge in [-0.1, -0.05) is 0 Å². The zero-order valence-corrected chi connectivity index (χ0v) is 16.7. The molecule has 2 fully saturated rings. The van der Waals surface area contributed by atoms with Gasteiger partial charge in [0.15, 0.2) is 0 Å². The second-order valence-corrected chi connectivity index (χ2v) is 8.06. The van der Waals surface area contributed by atoms with Crippen LogP contribution in [0.5, 0.6) is 5.88 Å². The highest BCUT2D eigenvalue weighted by Crippen LogP contribution is 2.39. The van der Waals surface area contributed by atoms with Gasteiger partial charge in [-0.15, -0.1) is 0 Å². The van der Waals surface area contributed by atoms with Crippen molar-refractivity contribution in [1.82, 2.24) is 4.57 Å². The summed E-state index contributed by atoms with van der Waals surface area (Å²) in [5, 5.41) is 16.0. The first kappa shape index (κ1) is 18.9. The third-order valence-corrected chi connectivity index (χ3v) is 6.19. The number of benzene rings is 1. The third-order valence-electron chi connectivity index (χ3n) is 6.19. The van der Waals surface area contributed by atoms with Crippen molar-refractivity contribution in [3.05, 3.63) is 23.8 Å². The van der Waals surface area contributed by atoms with Crippen molar-refractivity contribution in [2.75, 3.05) is 51.5 Å². The lowest BCUT2D eigenvalue weighted by atomic mass is 10.1. The van der Waals surface area contributed by atoms with Crippen molar-refractivity contribution in [2.24, 2.45) is 4.99 Å². The molecule has 0 unspecified atom stereocenters.